The third kappa shape index (κ3) is 5.35. The van der Waals surface area contributed by atoms with Crippen LogP contribution in [0.15, 0.2) is 83.8 Å². The summed E-state index contributed by atoms with van der Waals surface area (Å²) >= 11 is 0. The van der Waals surface area contributed by atoms with Crippen molar-refractivity contribution in [1.82, 2.24) is 19.4 Å². The number of sulfonamides is 1. The first-order chi connectivity index (χ1) is 21.2. The average molecular weight is 612 g/mol. The number of carbonyl (C=O) groups is 1. The van der Waals surface area contributed by atoms with Crippen molar-refractivity contribution in [2.75, 3.05) is 19.6 Å². The number of benzene rings is 3. The van der Waals surface area contributed by atoms with Gasteiger partial charge in [0, 0.05) is 36.8 Å². The van der Waals surface area contributed by atoms with Gasteiger partial charge in [-0.15, -0.1) is 0 Å². The molecule has 0 saturated carbocycles. The number of hydrogen-bond donors (Lipinski definition) is 1. The van der Waals surface area contributed by atoms with Gasteiger partial charge in [0.2, 0.25) is 10.0 Å². The number of likely N-dealkylation sites (tertiary alicyclic amines) is 1. The zero-order valence-corrected chi connectivity index (χ0v) is 26.1. The molecule has 3 fully saturated rings. The van der Waals surface area contributed by atoms with Gasteiger partial charge < -0.3 is 9.47 Å². The summed E-state index contributed by atoms with van der Waals surface area (Å²) < 4.78 is 26.2. The normalized spacial score (nSPS) is 23.7. The maximum absolute atomic E-state index is 13.4. The summed E-state index contributed by atoms with van der Waals surface area (Å²) in [5, 5.41) is 5.32. The summed E-state index contributed by atoms with van der Waals surface area (Å²) in [7, 11) is -3.87. The second kappa shape index (κ2) is 11.4. The molecular formula is C35H41N5O3S. The summed E-state index contributed by atoms with van der Waals surface area (Å²) in [4.78, 5) is 22.9. The van der Waals surface area contributed by atoms with Crippen molar-refractivity contribution >= 4 is 27.0 Å². The number of aromatic nitrogens is 2. The first-order valence-electron chi connectivity index (χ1n) is 15.9. The molecule has 2 bridgehead atoms. The van der Waals surface area contributed by atoms with E-state index in [1.54, 1.807) is 12.1 Å². The Morgan fingerprint density at radius 3 is 2.30 bits per heavy atom. The van der Waals surface area contributed by atoms with E-state index in [1.807, 2.05) is 4.90 Å². The molecule has 8 nitrogen and oxygen atoms in total. The van der Waals surface area contributed by atoms with Crippen LogP contribution in [-0.4, -0.2) is 65.4 Å². The first-order valence-corrected chi connectivity index (χ1v) is 17.4. The molecule has 3 atom stereocenters. The third-order valence-electron chi connectivity index (χ3n) is 10.6. The van der Waals surface area contributed by atoms with Gasteiger partial charge in [0.15, 0.2) is 0 Å². The lowest BCUT2D eigenvalue weighted by molar-refractivity contribution is 0.0606. The number of nitrogens with two attached hydrogens (primary N) is 1. The molecule has 0 radical (unpaired) electrons. The van der Waals surface area contributed by atoms with E-state index >= 15 is 0 Å². The molecule has 3 aromatic carbocycles. The number of carbonyl (C=O) groups excluding carboxylic acids is 1. The highest BCUT2D eigenvalue weighted by atomic mass is 32.2. The summed E-state index contributed by atoms with van der Waals surface area (Å²) in [5.41, 5.74) is 4.05. The van der Waals surface area contributed by atoms with Gasteiger partial charge in [-0.3, -0.25) is 9.69 Å². The number of primary sulfonamides is 1. The Kier molecular flexibility index (Phi) is 7.59. The SMILES string of the molecule is Cc1nc2ccccc2n1C1C[C@H]2CC[C@@H](C1)N2CCC1(c2ccccc2)CCN(C(=O)c2cccc(S(N)(=O)=O)c2)CC1. The highest BCUT2D eigenvalue weighted by molar-refractivity contribution is 7.89. The minimum atomic E-state index is -3.87. The van der Waals surface area contributed by atoms with E-state index in [4.69, 9.17) is 10.1 Å². The van der Waals surface area contributed by atoms with Gasteiger partial charge in [0.25, 0.3) is 5.91 Å². The molecule has 3 aliphatic rings. The van der Waals surface area contributed by atoms with Crippen LogP contribution in [0.5, 0.6) is 0 Å². The maximum atomic E-state index is 13.4. The quantitative estimate of drug-likeness (QED) is 0.301. The number of fused-ring (bicyclic) bond motifs is 3. The highest BCUT2D eigenvalue weighted by Crippen LogP contribution is 2.45. The molecule has 9 heteroatoms. The maximum Gasteiger partial charge on any atom is 0.253 e. The number of aryl methyl sites for hydroxylation is 1. The monoisotopic (exact) mass is 611 g/mol. The molecule has 3 aliphatic heterocycles. The predicted molar refractivity (Wildman–Crippen MR) is 172 cm³/mol. The number of imidazole rings is 1. The standard InChI is InChI=1S/C35H41N5O3S/c1-25-37-32-12-5-6-13-33(32)40(25)30-23-28-14-15-29(24-30)39(28)21-18-35(27-9-3-2-4-10-27)16-19-38(20-17-35)34(41)26-8-7-11-31(22-26)44(36,42)43/h2-13,22,28-30H,14-21,23-24H2,1H3,(H2,36,42,43)/t28-,29+,30?. The van der Waals surface area contributed by atoms with Crippen molar-refractivity contribution < 1.29 is 13.2 Å². The van der Waals surface area contributed by atoms with Gasteiger partial charge >= 0.3 is 0 Å². The Morgan fingerprint density at radius 2 is 1.59 bits per heavy atom. The smallest absolute Gasteiger partial charge is 0.253 e. The van der Waals surface area contributed by atoms with E-state index in [-0.39, 0.29) is 16.2 Å². The van der Waals surface area contributed by atoms with Gasteiger partial charge in [0.1, 0.15) is 5.82 Å². The number of rotatable bonds is 7. The summed E-state index contributed by atoms with van der Waals surface area (Å²) in [6, 6.07) is 27.1. The Hall–Kier alpha value is -3.53. The largest absolute Gasteiger partial charge is 0.339 e. The molecule has 44 heavy (non-hydrogen) atoms. The molecule has 1 unspecified atom stereocenters. The first kappa shape index (κ1) is 29.2. The highest BCUT2D eigenvalue weighted by Gasteiger charge is 2.44. The Bertz CT molecular complexity index is 1760. The van der Waals surface area contributed by atoms with E-state index in [1.165, 1.54) is 36.1 Å². The van der Waals surface area contributed by atoms with Crippen LogP contribution in [0.1, 0.15) is 72.7 Å². The van der Waals surface area contributed by atoms with Crippen LogP contribution in [-0.2, 0) is 15.4 Å². The van der Waals surface area contributed by atoms with Crippen molar-refractivity contribution in [2.24, 2.45) is 5.14 Å². The van der Waals surface area contributed by atoms with Gasteiger partial charge in [-0.1, -0.05) is 48.5 Å². The number of nitrogens with zero attached hydrogens (tertiary/aromatic N) is 4. The molecular weight excluding hydrogens is 570 g/mol. The van der Waals surface area contributed by atoms with Crippen molar-refractivity contribution in [2.45, 2.75) is 80.3 Å². The number of hydrogen-bond acceptors (Lipinski definition) is 5. The molecule has 0 aliphatic carbocycles. The Balaban J connectivity index is 1.06. The van der Waals surface area contributed by atoms with Crippen LogP contribution in [0.25, 0.3) is 11.0 Å². The topological polar surface area (TPSA) is 102 Å². The fourth-order valence-corrected chi connectivity index (χ4v) is 8.95. The Morgan fingerprint density at radius 1 is 0.909 bits per heavy atom. The lowest BCUT2D eigenvalue weighted by atomic mass is 9.70. The van der Waals surface area contributed by atoms with Crippen LogP contribution in [0, 0.1) is 6.92 Å². The van der Waals surface area contributed by atoms with Crippen molar-refractivity contribution in [3.05, 3.63) is 95.8 Å². The second-order valence-corrected chi connectivity index (χ2v) is 14.6. The van der Waals surface area contributed by atoms with Gasteiger partial charge in [-0.05, 0) is 99.7 Å². The molecule has 0 spiro atoms. The van der Waals surface area contributed by atoms with Gasteiger partial charge in [-0.25, -0.2) is 18.5 Å². The number of piperidine rings is 2. The summed E-state index contributed by atoms with van der Waals surface area (Å²) in [6.07, 6.45) is 7.65. The molecule has 4 aromatic rings. The average Bonchev–Trinajstić information content (AvgIpc) is 3.50. The van der Waals surface area contributed by atoms with Crippen molar-refractivity contribution in [1.29, 1.82) is 0 Å². The summed E-state index contributed by atoms with van der Waals surface area (Å²) in [5.74, 6) is 0.976. The van der Waals surface area contributed by atoms with E-state index in [0.717, 1.165) is 50.0 Å². The van der Waals surface area contributed by atoms with Gasteiger partial charge in [0.05, 0.1) is 15.9 Å². The van der Waals surface area contributed by atoms with Crippen molar-refractivity contribution in [3.63, 3.8) is 0 Å². The molecule has 4 heterocycles. The van der Waals surface area contributed by atoms with Crippen LogP contribution >= 0.6 is 0 Å². The molecule has 7 rings (SSSR count). The predicted octanol–water partition coefficient (Wildman–Crippen LogP) is 5.42. The fourth-order valence-electron chi connectivity index (χ4n) is 8.39. The van der Waals surface area contributed by atoms with E-state index in [9.17, 15) is 13.2 Å². The number of para-hydroxylation sites is 2. The van der Waals surface area contributed by atoms with Crippen molar-refractivity contribution in [3.8, 4) is 0 Å². The van der Waals surface area contributed by atoms with E-state index < -0.39 is 10.0 Å². The molecule has 230 valence electrons. The number of amides is 1. The lowest BCUT2D eigenvalue weighted by Crippen LogP contribution is -2.49. The van der Waals surface area contributed by atoms with Gasteiger partial charge in [-0.2, -0.15) is 0 Å². The van der Waals surface area contributed by atoms with E-state index in [2.05, 4.69) is 71.0 Å². The van der Waals surface area contributed by atoms with E-state index in [0.29, 0.717) is 36.8 Å². The zero-order chi connectivity index (χ0) is 30.5. The van der Waals surface area contributed by atoms with Crippen LogP contribution in [0.2, 0.25) is 0 Å². The molecule has 1 amide bonds. The Labute approximate surface area is 259 Å². The minimum Gasteiger partial charge on any atom is -0.339 e. The minimum absolute atomic E-state index is 0.00604. The summed E-state index contributed by atoms with van der Waals surface area (Å²) in [6.45, 7) is 4.47. The lowest BCUT2D eigenvalue weighted by Gasteiger charge is -2.45. The second-order valence-electron chi connectivity index (χ2n) is 13.0. The van der Waals surface area contributed by atoms with Crippen LogP contribution in [0.3, 0.4) is 0 Å². The fraction of sp³-hybridized carbons (Fsp3) is 0.429. The third-order valence-corrected chi connectivity index (χ3v) is 11.6. The van der Waals surface area contributed by atoms with Crippen LogP contribution in [0.4, 0.5) is 0 Å². The molecule has 3 saturated heterocycles. The molecule has 2 N–H and O–H groups in total. The van der Waals surface area contributed by atoms with Crippen LogP contribution < -0.4 is 5.14 Å². The zero-order valence-electron chi connectivity index (χ0n) is 25.3. The molecule has 1 aromatic heterocycles.